The zero-order valence-electron chi connectivity index (χ0n) is 25.7. The third-order valence-corrected chi connectivity index (χ3v) is 10.2. The molecule has 0 saturated carbocycles. The van der Waals surface area contributed by atoms with Gasteiger partial charge in [0.15, 0.2) is 0 Å². The summed E-state index contributed by atoms with van der Waals surface area (Å²) in [5.41, 5.74) is 4.78. The number of nitrogens with zero attached hydrogens (tertiary/aromatic N) is 2. The average Bonchev–Trinajstić information content (AvgIpc) is 3.54. The van der Waals surface area contributed by atoms with E-state index in [1.165, 1.54) is 6.07 Å². The molecule has 236 valence electrons. The molecule has 0 amide bonds. The number of anilines is 1. The first kappa shape index (κ1) is 31.3. The van der Waals surface area contributed by atoms with Crippen molar-refractivity contribution in [1.29, 1.82) is 0 Å². The second kappa shape index (κ2) is 13.3. The molecule has 0 saturated heterocycles. The van der Waals surface area contributed by atoms with Crippen LogP contribution in [0.4, 0.5) is 5.69 Å². The lowest BCUT2D eigenvalue weighted by Crippen LogP contribution is -2.41. The maximum absolute atomic E-state index is 13.4. The summed E-state index contributed by atoms with van der Waals surface area (Å²) >= 11 is 0. The van der Waals surface area contributed by atoms with Crippen molar-refractivity contribution in [3.8, 4) is 0 Å². The fourth-order valence-electron chi connectivity index (χ4n) is 6.53. The Hall–Kier alpha value is -4.73. The zero-order valence-corrected chi connectivity index (χ0v) is 26.5. The molecule has 1 aliphatic rings. The number of hydrogen-bond acceptors (Lipinski definition) is 5. The van der Waals surface area contributed by atoms with Crippen LogP contribution in [0.2, 0.25) is 0 Å². The lowest BCUT2D eigenvalue weighted by Gasteiger charge is -2.37. The Labute approximate surface area is 270 Å². The van der Waals surface area contributed by atoms with Gasteiger partial charge in [-0.25, -0.2) is 13.4 Å². The van der Waals surface area contributed by atoms with E-state index in [1.54, 1.807) is 6.07 Å². The molecule has 0 radical (unpaired) electrons. The van der Waals surface area contributed by atoms with E-state index in [0.29, 0.717) is 31.0 Å². The van der Waals surface area contributed by atoms with Crippen molar-refractivity contribution in [2.75, 3.05) is 11.9 Å². The van der Waals surface area contributed by atoms with E-state index in [2.05, 4.69) is 57.9 Å². The minimum absolute atomic E-state index is 0.0842. The number of carbonyl (C=O) groups is 1. The molecule has 1 aromatic heterocycles. The largest absolute Gasteiger partial charge is 0.480 e. The minimum Gasteiger partial charge on any atom is -0.480 e. The van der Waals surface area contributed by atoms with Crippen LogP contribution in [0.15, 0.2) is 127 Å². The lowest BCUT2D eigenvalue weighted by atomic mass is 9.77. The number of para-hydroxylation sites is 1. The number of aliphatic carboxylic acids is 1. The maximum Gasteiger partial charge on any atom is 0.321 e. The van der Waals surface area contributed by atoms with Gasteiger partial charge in [-0.05, 0) is 59.9 Å². The van der Waals surface area contributed by atoms with E-state index in [1.807, 2.05) is 73.2 Å². The van der Waals surface area contributed by atoms with Crippen LogP contribution in [-0.4, -0.2) is 41.6 Å². The number of fused-ring (bicyclic) bond motifs is 1. The number of hydrogen-bond donors (Lipinski definition) is 3. The SMILES string of the molecule is CC1CNc2c(cccc2S(=O)(=O)N[C@H](CCCc2cn(C(c3ccccc3)(c3ccccc3)c3ccccc3)cn2)C(=O)O)C1. The Morgan fingerprint density at radius 3 is 2.09 bits per heavy atom. The van der Waals surface area contributed by atoms with Gasteiger partial charge in [0.05, 0.1) is 17.7 Å². The van der Waals surface area contributed by atoms with Gasteiger partial charge in [-0.1, -0.05) is 110 Å². The Kier molecular flexibility index (Phi) is 9.05. The van der Waals surface area contributed by atoms with Gasteiger partial charge in [0.2, 0.25) is 10.0 Å². The molecule has 6 rings (SSSR count). The van der Waals surface area contributed by atoms with E-state index in [9.17, 15) is 18.3 Å². The highest BCUT2D eigenvalue weighted by Gasteiger charge is 2.38. The molecule has 0 spiro atoms. The fourth-order valence-corrected chi connectivity index (χ4v) is 7.98. The summed E-state index contributed by atoms with van der Waals surface area (Å²) in [6.07, 6.45) is 5.62. The molecule has 2 atom stereocenters. The molecule has 0 fully saturated rings. The third-order valence-electron chi connectivity index (χ3n) is 8.72. The number of sulfonamides is 1. The van der Waals surface area contributed by atoms with Crippen molar-refractivity contribution in [3.05, 3.63) is 150 Å². The summed E-state index contributed by atoms with van der Waals surface area (Å²) in [6.45, 7) is 2.76. The average molecular weight is 635 g/mol. The van der Waals surface area contributed by atoms with Crippen molar-refractivity contribution >= 4 is 21.7 Å². The van der Waals surface area contributed by atoms with Gasteiger partial charge in [0, 0.05) is 12.7 Å². The summed E-state index contributed by atoms with van der Waals surface area (Å²) in [4.78, 5) is 17.1. The first-order valence-corrected chi connectivity index (χ1v) is 17.1. The van der Waals surface area contributed by atoms with Crippen LogP contribution >= 0.6 is 0 Å². The van der Waals surface area contributed by atoms with Crippen LogP contribution in [0.3, 0.4) is 0 Å². The Bertz CT molecular complexity index is 1800. The van der Waals surface area contributed by atoms with Gasteiger partial charge in [0.1, 0.15) is 16.5 Å². The van der Waals surface area contributed by atoms with Crippen molar-refractivity contribution in [1.82, 2.24) is 14.3 Å². The molecule has 8 nitrogen and oxygen atoms in total. The number of nitrogens with one attached hydrogen (secondary N) is 2. The van der Waals surface area contributed by atoms with E-state index < -0.39 is 27.6 Å². The Morgan fingerprint density at radius 2 is 1.52 bits per heavy atom. The van der Waals surface area contributed by atoms with Crippen molar-refractivity contribution < 1.29 is 18.3 Å². The second-order valence-electron chi connectivity index (χ2n) is 12.0. The van der Waals surface area contributed by atoms with Gasteiger partial charge in [-0.2, -0.15) is 4.72 Å². The number of imidazole rings is 1. The number of benzene rings is 4. The molecular formula is C37H38N4O4S. The maximum atomic E-state index is 13.4. The van der Waals surface area contributed by atoms with Crippen molar-refractivity contribution in [2.45, 2.75) is 49.1 Å². The highest BCUT2D eigenvalue weighted by Crippen LogP contribution is 2.41. The molecule has 1 unspecified atom stereocenters. The highest BCUT2D eigenvalue weighted by molar-refractivity contribution is 7.89. The van der Waals surface area contributed by atoms with Crippen LogP contribution in [0.1, 0.15) is 47.7 Å². The topological polar surface area (TPSA) is 113 Å². The summed E-state index contributed by atoms with van der Waals surface area (Å²) < 4.78 is 31.4. The van der Waals surface area contributed by atoms with Gasteiger partial charge >= 0.3 is 5.97 Å². The number of carboxylic acids is 1. The molecule has 2 heterocycles. The lowest BCUT2D eigenvalue weighted by molar-refractivity contribution is -0.139. The van der Waals surface area contributed by atoms with Gasteiger partial charge < -0.3 is 15.0 Å². The first-order valence-electron chi connectivity index (χ1n) is 15.6. The van der Waals surface area contributed by atoms with Gasteiger partial charge in [-0.3, -0.25) is 4.79 Å². The molecule has 46 heavy (non-hydrogen) atoms. The molecule has 0 bridgehead atoms. The summed E-state index contributed by atoms with van der Waals surface area (Å²) in [7, 11) is -4.08. The second-order valence-corrected chi connectivity index (χ2v) is 13.6. The highest BCUT2D eigenvalue weighted by atomic mass is 32.2. The molecule has 5 aromatic rings. The van der Waals surface area contributed by atoms with E-state index in [-0.39, 0.29) is 11.3 Å². The third kappa shape index (κ3) is 6.21. The number of rotatable bonds is 12. The monoisotopic (exact) mass is 634 g/mol. The van der Waals surface area contributed by atoms with E-state index in [4.69, 9.17) is 4.98 Å². The number of aryl methyl sites for hydroxylation is 1. The predicted octanol–water partition coefficient (Wildman–Crippen LogP) is 6.08. The van der Waals surface area contributed by atoms with Crippen molar-refractivity contribution in [3.63, 3.8) is 0 Å². The number of aromatic nitrogens is 2. The molecule has 9 heteroatoms. The van der Waals surface area contributed by atoms with E-state index in [0.717, 1.165) is 34.4 Å². The summed E-state index contributed by atoms with van der Waals surface area (Å²) in [5.74, 6) is -0.830. The van der Waals surface area contributed by atoms with Crippen LogP contribution in [0, 0.1) is 5.92 Å². The minimum atomic E-state index is -4.08. The van der Waals surface area contributed by atoms with Crippen molar-refractivity contribution in [2.24, 2.45) is 5.92 Å². The summed E-state index contributed by atoms with van der Waals surface area (Å²) in [5, 5.41) is 13.2. The molecule has 1 aliphatic heterocycles. The van der Waals surface area contributed by atoms with Crippen LogP contribution in [0.5, 0.6) is 0 Å². The molecule has 3 N–H and O–H groups in total. The van der Waals surface area contributed by atoms with Crippen LogP contribution in [0.25, 0.3) is 0 Å². The standard InChI is InChI=1S/C37H38N4O4S/c1-27-23-28-13-11-22-34(35(28)38-24-27)46(44,45)40-33(36(42)43)21-12-20-32-25-41(26-39-32)37(29-14-5-2-6-15-29,30-16-7-3-8-17-30)31-18-9-4-10-19-31/h2-11,13-19,22,25-27,33,38,40H,12,20-21,23-24H2,1H3,(H,42,43)/t27?,33-/m1/s1. The number of carboxylic acid groups (broad SMARTS) is 1. The molecular weight excluding hydrogens is 596 g/mol. The van der Waals surface area contributed by atoms with Crippen LogP contribution in [-0.2, 0) is 33.2 Å². The van der Waals surface area contributed by atoms with Crippen LogP contribution < -0.4 is 10.0 Å². The Morgan fingerprint density at radius 1 is 0.935 bits per heavy atom. The fraction of sp³-hybridized carbons (Fsp3) is 0.243. The summed E-state index contributed by atoms with van der Waals surface area (Å²) in [6, 6.07) is 34.7. The zero-order chi connectivity index (χ0) is 32.1. The first-order chi connectivity index (χ1) is 22.3. The van der Waals surface area contributed by atoms with E-state index >= 15 is 0 Å². The van der Waals surface area contributed by atoms with Gasteiger partial charge in [0.25, 0.3) is 0 Å². The molecule has 0 aliphatic carbocycles. The quantitative estimate of drug-likeness (QED) is 0.143. The Balaban J connectivity index is 1.24. The normalized spacial score (nSPS) is 15.5. The smallest absolute Gasteiger partial charge is 0.321 e. The van der Waals surface area contributed by atoms with Gasteiger partial charge in [-0.15, -0.1) is 0 Å². The molecule has 4 aromatic carbocycles. The predicted molar refractivity (Wildman–Crippen MR) is 179 cm³/mol.